The molecule has 1 N–H and O–H groups in total. The number of nitrogens with one attached hydrogen (secondary N) is 1. The lowest BCUT2D eigenvalue weighted by Gasteiger charge is -2.22. The second-order valence-corrected chi connectivity index (χ2v) is 5.92. The summed E-state index contributed by atoms with van der Waals surface area (Å²) in [5.41, 5.74) is 0. The number of hydrogen-bond acceptors (Lipinski definition) is 4. The molecule has 1 aliphatic heterocycles. The maximum absolute atomic E-state index is 11.2. The van der Waals surface area contributed by atoms with Gasteiger partial charge in [-0.2, -0.15) is 0 Å². The van der Waals surface area contributed by atoms with E-state index in [4.69, 9.17) is 0 Å². The molecule has 0 spiro atoms. The van der Waals surface area contributed by atoms with Crippen LogP contribution in [0.3, 0.4) is 0 Å². The number of rotatable bonds is 3. The average Bonchev–Trinajstić information content (AvgIpc) is 2.60. The van der Waals surface area contributed by atoms with Crippen molar-refractivity contribution in [3.63, 3.8) is 0 Å². The van der Waals surface area contributed by atoms with Gasteiger partial charge in [-0.05, 0) is 19.8 Å². The van der Waals surface area contributed by atoms with Gasteiger partial charge in [-0.25, -0.2) is 0 Å². The van der Waals surface area contributed by atoms with E-state index in [1.54, 1.807) is 0 Å². The summed E-state index contributed by atoms with van der Waals surface area (Å²) < 4.78 is 13.2. The second-order valence-electron chi connectivity index (χ2n) is 4.23. The van der Waals surface area contributed by atoms with Crippen molar-refractivity contribution in [2.75, 3.05) is 11.5 Å². The quantitative estimate of drug-likeness (QED) is 0.818. The van der Waals surface area contributed by atoms with E-state index in [1.807, 2.05) is 18.5 Å². The third kappa shape index (κ3) is 2.68. The summed E-state index contributed by atoms with van der Waals surface area (Å²) in [6, 6.07) is 0.481. The molecule has 90 valence electrons. The largest absolute Gasteiger partial charge is 0.317 e. The zero-order chi connectivity index (χ0) is 11.5. The molecular formula is C10H18N4OS. The summed E-state index contributed by atoms with van der Waals surface area (Å²) in [4.78, 5) is 0. The predicted molar refractivity (Wildman–Crippen MR) is 63.5 cm³/mol. The van der Waals surface area contributed by atoms with Crippen molar-refractivity contribution in [2.45, 2.75) is 32.4 Å². The van der Waals surface area contributed by atoms with E-state index in [0.717, 1.165) is 42.5 Å². The van der Waals surface area contributed by atoms with Gasteiger partial charge in [0.05, 0.1) is 6.54 Å². The van der Waals surface area contributed by atoms with E-state index >= 15 is 0 Å². The summed E-state index contributed by atoms with van der Waals surface area (Å²) in [6.45, 7) is 2.69. The molecule has 0 saturated carbocycles. The van der Waals surface area contributed by atoms with Crippen LogP contribution in [0.5, 0.6) is 0 Å². The van der Waals surface area contributed by atoms with Gasteiger partial charge in [-0.3, -0.25) is 4.21 Å². The van der Waals surface area contributed by atoms with Crippen LogP contribution in [0.4, 0.5) is 0 Å². The number of hydrogen-bond donors (Lipinski definition) is 1. The minimum atomic E-state index is -0.582. The van der Waals surface area contributed by atoms with Crippen LogP contribution in [-0.2, 0) is 24.4 Å². The van der Waals surface area contributed by atoms with Gasteiger partial charge >= 0.3 is 0 Å². The van der Waals surface area contributed by atoms with Gasteiger partial charge in [-0.15, -0.1) is 10.2 Å². The summed E-state index contributed by atoms with van der Waals surface area (Å²) in [7, 11) is 1.39. The Morgan fingerprint density at radius 1 is 1.44 bits per heavy atom. The van der Waals surface area contributed by atoms with Crippen LogP contribution in [0.25, 0.3) is 0 Å². The van der Waals surface area contributed by atoms with Crippen molar-refractivity contribution in [3.05, 3.63) is 11.6 Å². The fourth-order valence-corrected chi connectivity index (χ4v) is 3.14. The highest BCUT2D eigenvalue weighted by Crippen LogP contribution is 2.09. The van der Waals surface area contributed by atoms with Crippen LogP contribution in [-0.4, -0.2) is 36.5 Å². The van der Waals surface area contributed by atoms with Crippen molar-refractivity contribution in [2.24, 2.45) is 7.05 Å². The lowest BCUT2D eigenvalue weighted by molar-refractivity contribution is 0.463. The molecule has 0 aliphatic carbocycles. The molecule has 1 aromatic heterocycles. The lowest BCUT2D eigenvalue weighted by Crippen LogP contribution is -2.35. The molecule has 1 saturated heterocycles. The zero-order valence-electron chi connectivity index (χ0n) is 9.77. The molecule has 2 rings (SSSR count). The Balaban J connectivity index is 1.83. The van der Waals surface area contributed by atoms with Crippen molar-refractivity contribution < 1.29 is 4.21 Å². The highest BCUT2D eigenvalue weighted by molar-refractivity contribution is 7.85. The summed E-state index contributed by atoms with van der Waals surface area (Å²) in [5.74, 6) is 3.55. The van der Waals surface area contributed by atoms with E-state index in [2.05, 4.69) is 15.5 Å². The van der Waals surface area contributed by atoms with Gasteiger partial charge in [0.25, 0.3) is 0 Å². The van der Waals surface area contributed by atoms with Gasteiger partial charge in [0, 0.05) is 35.4 Å². The highest BCUT2D eigenvalue weighted by Gasteiger charge is 2.17. The Morgan fingerprint density at radius 3 is 2.69 bits per heavy atom. The fraction of sp³-hybridized carbons (Fsp3) is 0.800. The molecule has 0 aromatic carbocycles. The smallest absolute Gasteiger partial charge is 0.146 e. The van der Waals surface area contributed by atoms with Crippen molar-refractivity contribution >= 4 is 10.8 Å². The second kappa shape index (κ2) is 5.05. The van der Waals surface area contributed by atoms with E-state index in [-0.39, 0.29) is 0 Å². The van der Waals surface area contributed by atoms with Crippen LogP contribution >= 0.6 is 0 Å². The van der Waals surface area contributed by atoms with E-state index < -0.39 is 10.8 Å². The molecule has 1 aromatic rings. The summed E-state index contributed by atoms with van der Waals surface area (Å²) >= 11 is 0. The Bertz CT molecular complexity index is 380. The molecule has 0 radical (unpaired) electrons. The fourth-order valence-electron chi connectivity index (χ4n) is 1.84. The minimum absolute atomic E-state index is 0.481. The van der Waals surface area contributed by atoms with Crippen LogP contribution in [0.2, 0.25) is 0 Å². The molecule has 0 amide bonds. The van der Waals surface area contributed by atoms with Gasteiger partial charge in [0.1, 0.15) is 11.6 Å². The molecule has 0 atom stereocenters. The first kappa shape index (κ1) is 11.7. The Labute approximate surface area is 98.1 Å². The number of aryl methyl sites for hydroxylation is 1. The van der Waals surface area contributed by atoms with Gasteiger partial charge < -0.3 is 9.88 Å². The molecule has 2 heterocycles. The van der Waals surface area contributed by atoms with Crippen molar-refractivity contribution in [1.29, 1.82) is 0 Å². The summed E-state index contributed by atoms with van der Waals surface area (Å²) in [6.07, 6.45) is 2.01. The van der Waals surface area contributed by atoms with Crippen LogP contribution < -0.4 is 5.32 Å². The number of nitrogens with zero attached hydrogens (tertiary/aromatic N) is 3. The van der Waals surface area contributed by atoms with E-state index in [1.165, 1.54) is 0 Å². The molecule has 0 bridgehead atoms. The lowest BCUT2D eigenvalue weighted by atomic mass is 10.1. The summed E-state index contributed by atoms with van der Waals surface area (Å²) in [5, 5.41) is 11.6. The molecule has 16 heavy (non-hydrogen) atoms. The molecule has 6 heteroatoms. The van der Waals surface area contributed by atoms with E-state index in [0.29, 0.717) is 6.04 Å². The topological polar surface area (TPSA) is 59.8 Å². The molecule has 1 aliphatic rings. The zero-order valence-corrected chi connectivity index (χ0v) is 10.6. The first-order chi connectivity index (χ1) is 7.66. The third-order valence-corrected chi connectivity index (χ3v) is 4.50. The maximum Gasteiger partial charge on any atom is 0.146 e. The van der Waals surface area contributed by atoms with Gasteiger partial charge in [0.15, 0.2) is 0 Å². The number of aromatic nitrogens is 3. The van der Waals surface area contributed by atoms with Crippen LogP contribution in [0.1, 0.15) is 24.5 Å². The Kier molecular flexibility index (Phi) is 3.70. The first-order valence-corrected chi connectivity index (χ1v) is 7.09. The van der Waals surface area contributed by atoms with E-state index in [9.17, 15) is 4.21 Å². The average molecular weight is 242 g/mol. The SMILES string of the molecule is Cc1nnc(CNC2CCS(=O)CC2)n1C. The standard InChI is InChI=1S/C10H18N4OS/c1-8-12-13-10(14(8)2)7-11-9-3-5-16(15)6-4-9/h9,11H,3-7H2,1-2H3. The van der Waals surface area contributed by atoms with Crippen molar-refractivity contribution in [3.8, 4) is 0 Å². The Morgan fingerprint density at radius 2 is 2.12 bits per heavy atom. The van der Waals surface area contributed by atoms with Crippen LogP contribution in [0, 0.1) is 6.92 Å². The van der Waals surface area contributed by atoms with Crippen LogP contribution in [0.15, 0.2) is 0 Å². The molecule has 1 fully saturated rings. The maximum atomic E-state index is 11.2. The molecular weight excluding hydrogens is 224 g/mol. The van der Waals surface area contributed by atoms with Crippen molar-refractivity contribution in [1.82, 2.24) is 20.1 Å². The predicted octanol–water partition coefficient (Wildman–Crippen LogP) is 0.124. The normalized spacial score (nSPS) is 25.9. The van der Waals surface area contributed by atoms with Gasteiger partial charge in [-0.1, -0.05) is 0 Å². The minimum Gasteiger partial charge on any atom is -0.317 e. The third-order valence-electron chi connectivity index (χ3n) is 3.12. The highest BCUT2D eigenvalue weighted by atomic mass is 32.2. The first-order valence-electron chi connectivity index (χ1n) is 5.60. The monoisotopic (exact) mass is 242 g/mol. The van der Waals surface area contributed by atoms with Gasteiger partial charge in [0.2, 0.25) is 0 Å². The molecule has 5 nitrogen and oxygen atoms in total. The molecule has 0 unspecified atom stereocenters. The Hall–Kier alpha value is -0.750.